The number of benzene rings is 1. The lowest BCUT2D eigenvalue weighted by Crippen LogP contribution is -2.42. The van der Waals surface area contributed by atoms with Gasteiger partial charge < -0.3 is 20.1 Å². The lowest BCUT2D eigenvalue weighted by molar-refractivity contribution is 0.0526. The third kappa shape index (κ3) is 4.46. The van der Waals surface area contributed by atoms with Crippen LogP contribution in [0.3, 0.4) is 0 Å². The lowest BCUT2D eigenvalue weighted by Gasteiger charge is -2.20. The number of hydrogen-bond donors (Lipinski definition) is 2. The molecule has 0 bridgehead atoms. The molecule has 2 atom stereocenters. The molecule has 1 aromatic rings. The van der Waals surface area contributed by atoms with Gasteiger partial charge in [0, 0.05) is 12.3 Å². The molecule has 0 spiro atoms. The minimum atomic E-state index is -0.370. The highest BCUT2D eigenvalue weighted by Gasteiger charge is 2.23. The number of urea groups is 1. The Labute approximate surface area is 130 Å². The van der Waals surface area contributed by atoms with E-state index >= 15 is 0 Å². The standard InChI is InChI=1S/C16H22N2O4/c1-3-21-15(19)12-6-8-13(9-7-12)18-16(20)17-11(2)14-5-4-10-22-14/h6-9,11,14H,3-5,10H2,1-2H3,(H2,17,18,20)/t11-,14-/m0/s1. The van der Waals surface area contributed by atoms with Crippen LogP contribution in [0.1, 0.15) is 37.0 Å². The number of carbonyl (C=O) groups excluding carboxylic acids is 2. The van der Waals surface area contributed by atoms with Gasteiger partial charge in [-0.05, 0) is 51.0 Å². The van der Waals surface area contributed by atoms with Gasteiger partial charge in [0.25, 0.3) is 0 Å². The third-order valence-electron chi connectivity index (χ3n) is 3.54. The van der Waals surface area contributed by atoms with Gasteiger partial charge in [-0.25, -0.2) is 9.59 Å². The van der Waals surface area contributed by atoms with Crippen LogP contribution < -0.4 is 10.6 Å². The fraction of sp³-hybridized carbons (Fsp3) is 0.500. The van der Waals surface area contributed by atoms with Crippen LogP contribution in [0.5, 0.6) is 0 Å². The van der Waals surface area contributed by atoms with E-state index < -0.39 is 0 Å². The van der Waals surface area contributed by atoms with E-state index in [1.807, 2.05) is 6.92 Å². The molecule has 1 aromatic carbocycles. The normalized spacial score (nSPS) is 18.5. The molecule has 2 amide bonds. The fourth-order valence-electron chi connectivity index (χ4n) is 2.37. The number of carbonyl (C=O) groups is 2. The second kappa shape index (κ2) is 7.79. The Morgan fingerprint density at radius 1 is 1.36 bits per heavy atom. The Kier molecular flexibility index (Phi) is 5.77. The van der Waals surface area contributed by atoms with Gasteiger partial charge in [0.05, 0.1) is 24.3 Å². The van der Waals surface area contributed by atoms with Gasteiger partial charge >= 0.3 is 12.0 Å². The smallest absolute Gasteiger partial charge is 0.338 e. The molecule has 0 aromatic heterocycles. The van der Waals surface area contributed by atoms with Crippen molar-refractivity contribution in [3.63, 3.8) is 0 Å². The number of rotatable bonds is 5. The summed E-state index contributed by atoms with van der Waals surface area (Å²) >= 11 is 0. The number of hydrogen-bond acceptors (Lipinski definition) is 4. The first-order chi connectivity index (χ1) is 10.6. The van der Waals surface area contributed by atoms with Crippen LogP contribution >= 0.6 is 0 Å². The van der Waals surface area contributed by atoms with Gasteiger partial charge in [0.1, 0.15) is 0 Å². The van der Waals surface area contributed by atoms with E-state index in [0.717, 1.165) is 19.4 Å². The van der Waals surface area contributed by atoms with Crippen molar-refractivity contribution in [3.05, 3.63) is 29.8 Å². The molecular weight excluding hydrogens is 284 g/mol. The minimum absolute atomic E-state index is 0.0405. The molecule has 1 aliphatic heterocycles. The topological polar surface area (TPSA) is 76.7 Å². The number of esters is 1. The predicted octanol–water partition coefficient (Wildman–Crippen LogP) is 2.55. The molecule has 1 heterocycles. The molecule has 1 aliphatic rings. The summed E-state index contributed by atoms with van der Waals surface area (Å²) < 4.78 is 10.4. The van der Waals surface area contributed by atoms with Crippen molar-refractivity contribution in [2.75, 3.05) is 18.5 Å². The summed E-state index contributed by atoms with van der Waals surface area (Å²) in [4.78, 5) is 23.5. The van der Waals surface area contributed by atoms with E-state index in [2.05, 4.69) is 10.6 Å². The van der Waals surface area contributed by atoms with Crippen LogP contribution in [-0.2, 0) is 9.47 Å². The van der Waals surface area contributed by atoms with Crippen molar-refractivity contribution in [2.45, 2.75) is 38.8 Å². The first kappa shape index (κ1) is 16.3. The molecule has 120 valence electrons. The van der Waals surface area contributed by atoms with Gasteiger partial charge in [0.15, 0.2) is 0 Å². The number of ether oxygens (including phenoxy) is 2. The van der Waals surface area contributed by atoms with Gasteiger partial charge in [0.2, 0.25) is 0 Å². The average molecular weight is 306 g/mol. The SMILES string of the molecule is CCOC(=O)c1ccc(NC(=O)N[C@@H](C)[C@@H]2CCCO2)cc1. The maximum Gasteiger partial charge on any atom is 0.338 e. The van der Waals surface area contributed by atoms with Crippen LogP contribution in [-0.4, -0.2) is 37.4 Å². The highest BCUT2D eigenvalue weighted by molar-refractivity contribution is 5.92. The molecule has 0 aliphatic carbocycles. The largest absolute Gasteiger partial charge is 0.462 e. The van der Waals surface area contributed by atoms with Gasteiger partial charge in [-0.2, -0.15) is 0 Å². The molecule has 1 fully saturated rings. The molecule has 0 radical (unpaired) electrons. The zero-order chi connectivity index (χ0) is 15.9. The molecule has 0 unspecified atom stereocenters. The zero-order valence-electron chi connectivity index (χ0n) is 12.9. The number of amides is 2. The molecule has 0 saturated carbocycles. The van der Waals surface area contributed by atoms with Crippen molar-refractivity contribution in [2.24, 2.45) is 0 Å². The fourth-order valence-corrected chi connectivity index (χ4v) is 2.37. The van der Waals surface area contributed by atoms with E-state index in [-0.39, 0.29) is 24.1 Å². The Balaban J connectivity index is 1.84. The first-order valence-corrected chi connectivity index (χ1v) is 7.56. The van der Waals surface area contributed by atoms with E-state index in [0.29, 0.717) is 17.9 Å². The highest BCUT2D eigenvalue weighted by Crippen LogP contribution is 2.16. The summed E-state index contributed by atoms with van der Waals surface area (Å²) in [6.07, 6.45) is 2.08. The molecular formula is C16H22N2O4. The molecule has 6 nitrogen and oxygen atoms in total. The van der Waals surface area contributed by atoms with Crippen LogP contribution in [0, 0.1) is 0 Å². The molecule has 22 heavy (non-hydrogen) atoms. The maximum absolute atomic E-state index is 11.9. The maximum atomic E-state index is 11.9. The van der Waals surface area contributed by atoms with Crippen LogP contribution in [0.4, 0.5) is 10.5 Å². The number of nitrogens with one attached hydrogen (secondary N) is 2. The molecule has 2 N–H and O–H groups in total. The first-order valence-electron chi connectivity index (χ1n) is 7.56. The second-order valence-corrected chi connectivity index (χ2v) is 5.24. The molecule has 6 heteroatoms. The predicted molar refractivity (Wildman–Crippen MR) is 83.0 cm³/mol. The summed E-state index contributed by atoms with van der Waals surface area (Å²) in [5, 5.41) is 5.60. The summed E-state index contributed by atoms with van der Waals surface area (Å²) in [5.74, 6) is -0.370. The van der Waals surface area contributed by atoms with Crippen molar-refractivity contribution in [3.8, 4) is 0 Å². The quantitative estimate of drug-likeness (QED) is 0.820. The van der Waals surface area contributed by atoms with Crippen molar-refractivity contribution in [1.29, 1.82) is 0 Å². The third-order valence-corrected chi connectivity index (χ3v) is 3.54. The Bertz CT molecular complexity index is 509. The summed E-state index contributed by atoms with van der Waals surface area (Å²) in [6.45, 7) is 4.78. The van der Waals surface area contributed by atoms with Gasteiger partial charge in [-0.1, -0.05) is 0 Å². The highest BCUT2D eigenvalue weighted by atomic mass is 16.5. The van der Waals surface area contributed by atoms with E-state index in [4.69, 9.17) is 9.47 Å². The Morgan fingerprint density at radius 2 is 2.09 bits per heavy atom. The van der Waals surface area contributed by atoms with Crippen LogP contribution in [0.15, 0.2) is 24.3 Å². The average Bonchev–Trinajstić information content (AvgIpc) is 3.02. The molecule has 1 saturated heterocycles. The van der Waals surface area contributed by atoms with Crippen LogP contribution in [0.2, 0.25) is 0 Å². The van der Waals surface area contributed by atoms with Gasteiger partial charge in [-0.15, -0.1) is 0 Å². The Hall–Kier alpha value is -2.08. The summed E-state index contributed by atoms with van der Waals surface area (Å²) in [5.41, 5.74) is 1.07. The number of anilines is 1. The van der Waals surface area contributed by atoms with Crippen molar-refractivity contribution < 1.29 is 19.1 Å². The molecule has 2 rings (SSSR count). The Morgan fingerprint density at radius 3 is 2.68 bits per heavy atom. The van der Waals surface area contributed by atoms with E-state index in [1.54, 1.807) is 31.2 Å². The van der Waals surface area contributed by atoms with Crippen molar-refractivity contribution >= 4 is 17.7 Å². The lowest BCUT2D eigenvalue weighted by atomic mass is 10.1. The zero-order valence-corrected chi connectivity index (χ0v) is 12.9. The van der Waals surface area contributed by atoms with E-state index in [1.165, 1.54) is 0 Å². The van der Waals surface area contributed by atoms with Crippen molar-refractivity contribution in [1.82, 2.24) is 5.32 Å². The van der Waals surface area contributed by atoms with Gasteiger partial charge in [-0.3, -0.25) is 0 Å². The monoisotopic (exact) mass is 306 g/mol. The van der Waals surface area contributed by atoms with Crippen LogP contribution in [0.25, 0.3) is 0 Å². The second-order valence-electron chi connectivity index (χ2n) is 5.24. The minimum Gasteiger partial charge on any atom is -0.462 e. The van der Waals surface area contributed by atoms with E-state index in [9.17, 15) is 9.59 Å². The summed E-state index contributed by atoms with van der Waals surface area (Å²) in [6, 6.07) is 6.26. The summed E-state index contributed by atoms with van der Waals surface area (Å²) in [7, 11) is 0.